The van der Waals surface area contributed by atoms with Crippen LogP contribution < -0.4 is 5.14 Å². The van der Waals surface area contributed by atoms with E-state index in [0.717, 1.165) is 32.7 Å². The van der Waals surface area contributed by atoms with Gasteiger partial charge in [0.1, 0.15) is 0 Å². The molecule has 3 rings (SSSR count). The lowest BCUT2D eigenvalue weighted by Crippen LogP contribution is -2.47. The van der Waals surface area contributed by atoms with Crippen molar-refractivity contribution in [3.63, 3.8) is 0 Å². The van der Waals surface area contributed by atoms with Gasteiger partial charge in [-0.05, 0) is 16.3 Å². The Hall–Kier alpha value is -1.47. The highest BCUT2D eigenvalue weighted by Crippen LogP contribution is 2.20. The zero-order chi connectivity index (χ0) is 16.3. The first-order chi connectivity index (χ1) is 11.0. The van der Waals surface area contributed by atoms with Crippen LogP contribution >= 0.6 is 0 Å². The van der Waals surface area contributed by atoms with Crippen LogP contribution in [0.1, 0.15) is 5.56 Å². The Labute approximate surface area is 137 Å². The van der Waals surface area contributed by atoms with Gasteiger partial charge in [0.2, 0.25) is 10.0 Å². The molecule has 1 fully saturated rings. The molecule has 0 aliphatic carbocycles. The summed E-state index contributed by atoms with van der Waals surface area (Å²) in [7, 11) is -3.37. The highest BCUT2D eigenvalue weighted by molar-refractivity contribution is 7.89. The highest BCUT2D eigenvalue weighted by Gasteiger charge is 2.18. The van der Waals surface area contributed by atoms with E-state index in [1.807, 2.05) is 0 Å². The van der Waals surface area contributed by atoms with Gasteiger partial charge in [-0.3, -0.25) is 9.80 Å². The third-order valence-electron chi connectivity index (χ3n) is 4.43. The van der Waals surface area contributed by atoms with Crippen LogP contribution in [-0.4, -0.2) is 56.7 Å². The van der Waals surface area contributed by atoms with Gasteiger partial charge in [-0.15, -0.1) is 0 Å². The van der Waals surface area contributed by atoms with Gasteiger partial charge >= 0.3 is 0 Å². The number of piperazine rings is 1. The Bertz CT molecular complexity index is 763. The molecule has 0 unspecified atom stereocenters. The van der Waals surface area contributed by atoms with Gasteiger partial charge in [-0.25, -0.2) is 13.6 Å². The minimum Gasteiger partial charge on any atom is -0.300 e. The van der Waals surface area contributed by atoms with E-state index in [-0.39, 0.29) is 5.75 Å². The van der Waals surface area contributed by atoms with Crippen molar-refractivity contribution in [3.05, 3.63) is 48.0 Å². The molecule has 0 radical (unpaired) electrons. The van der Waals surface area contributed by atoms with Gasteiger partial charge in [0.25, 0.3) is 0 Å². The van der Waals surface area contributed by atoms with Crippen molar-refractivity contribution in [2.75, 3.05) is 38.5 Å². The summed E-state index contributed by atoms with van der Waals surface area (Å²) in [5, 5.41) is 7.66. The van der Waals surface area contributed by atoms with Crippen LogP contribution in [0.3, 0.4) is 0 Å². The molecule has 2 aromatic carbocycles. The lowest BCUT2D eigenvalue weighted by atomic mass is 10.0. The molecule has 1 aliphatic rings. The van der Waals surface area contributed by atoms with Gasteiger partial charge < -0.3 is 0 Å². The van der Waals surface area contributed by atoms with E-state index in [4.69, 9.17) is 5.14 Å². The first-order valence-corrected chi connectivity index (χ1v) is 9.65. The summed E-state index contributed by atoms with van der Waals surface area (Å²) in [5.74, 6) is 0.0380. The maximum atomic E-state index is 11.0. The van der Waals surface area contributed by atoms with Crippen molar-refractivity contribution in [3.8, 4) is 0 Å². The highest BCUT2D eigenvalue weighted by atomic mass is 32.2. The van der Waals surface area contributed by atoms with E-state index < -0.39 is 10.0 Å². The molecule has 6 heteroatoms. The molecule has 1 saturated heterocycles. The summed E-state index contributed by atoms with van der Waals surface area (Å²) in [6, 6.07) is 14.9. The molecular formula is C17H23N3O2S. The van der Waals surface area contributed by atoms with Gasteiger partial charge in [0.15, 0.2) is 0 Å². The predicted molar refractivity (Wildman–Crippen MR) is 93.6 cm³/mol. The number of hydrogen-bond acceptors (Lipinski definition) is 4. The van der Waals surface area contributed by atoms with Gasteiger partial charge in [0.05, 0.1) is 5.75 Å². The second-order valence-electron chi connectivity index (χ2n) is 6.12. The molecule has 0 saturated carbocycles. The minimum absolute atomic E-state index is 0.0380. The molecule has 2 N–H and O–H groups in total. The van der Waals surface area contributed by atoms with Gasteiger partial charge in [-0.2, -0.15) is 0 Å². The lowest BCUT2D eigenvalue weighted by molar-refractivity contribution is 0.133. The van der Waals surface area contributed by atoms with Crippen molar-refractivity contribution in [2.24, 2.45) is 5.14 Å². The zero-order valence-corrected chi connectivity index (χ0v) is 14.0. The number of hydrogen-bond donors (Lipinski definition) is 1. The Kier molecular flexibility index (Phi) is 4.96. The number of benzene rings is 2. The summed E-state index contributed by atoms with van der Waals surface area (Å²) in [6.07, 6.45) is 0. The molecule has 1 aliphatic heterocycles. The first kappa shape index (κ1) is 16.4. The van der Waals surface area contributed by atoms with E-state index in [0.29, 0.717) is 6.54 Å². The summed E-state index contributed by atoms with van der Waals surface area (Å²) >= 11 is 0. The van der Waals surface area contributed by atoms with Gasteiger partial charge in [-0.1, -0.05) is 42.5 Å². The smallest absolute Gasteiger partial charge is 0.210 e. The second kappa shape index (κ2) is 6.97. The molecule has 0 bridgehead atoms. The average Bonchev–Trinajstić information content (AvgIpc) is 2.54. The van der Waals surface area contributed by atoms with Crippen LogP contribution in [0.25, 0.3) is 10.8 Å². The predicted octanol–water partition coefficient (Wildman–Crippen LogP) is 1.25. The molecule has 1 heterocycles. The fourth-order valence-corrected chi connectivity index (χ4v) is 3.61. The van der Waals surface area contributed by atoms with Crippen molar-refractivity contribution in [2.45, 2.75) is 6.54 Å². The van der Waals surface area contributed by atoms with Crippen LogP contribution in [0.4, 0.5) is 0 Å². The standard InChI is InChI=1S/C17H23N3O2S/c18-23(21,22)13-12-19-8-10-20(11-9-19)14-16-6-3-5-15-4-1-2-7-17(15)16/h1-7H,8-14H2,(H2,18,21,22). The molecule has 2 aromatic rings. The molecule has 23 heavy (non-hydrogen) atoms. The minimum atomic E-state index is -3.37. The molecule has 0 aromatic heterocycles. The Morgan fingerprint density at radius 1 is 0.913 bits per heavy atom. The Morgan fingerprint density at radius 3 is 2.30 bits per heavy atom. The summed E-state index contributed by atoms with van der Waals surface area (Å²) in [5.41, 5.74) is 1.35. The topological polar surface area (TPSA) is 66.6 Å². The quantitative estimate of drug-likeness (QED) is 0.894. The van der Waals surface area contributed by atoms with Crippen LogP contribution in [0, 0.1) is 0 Å². The van der Waals surface area contributed by atoms with Crippen LogP contribution in [0.2, 0.25) is 0 Å². The van der Waals surface area contributed by atoms with E-state index in [1.54, 1.807) is 0 Å². The normalized spacial score (nSPS) is 17.6. The maximum absolute atomic E-state index is 11.0. The van der Waals surface area contributed by atoms with Crippen LogP contribution in [0.5, 0.6) is 0 Å². The number of fused-ring (bicyclic) bond motifs is 1. The molecule has 0 atom stereocenters. The second-order valence-corrected chi connectivity index (χ2v) is 7.86. The van der Waals surface area contributed by atoms with E-state index in [1.165, 1.54) is 16.3 Å². The molecule has 124 valence electrons. The molecule has 0 amide bonds. The third-order valence-corrected chi connectivity index (χ3v) is 5.18. The number of nitrogens with two attached hydrogens (primary N) is 1. The van der Waals surface area contributed by atoms with Crippen LogP contribution in [-0.2, 0) is 16.6 Å². The monoisotopic (exact) mass is 333 g/mol. The third kappa shape index (κ3) is 4.51. The Balaban J connectivity index is 1.58. The summed E-state index contributed by atoms with van der Waals surface area (Å²) in [6.45, 7) is 5.15. The maximum Gasteiger partial charge on any atom is 0.210 e. The van der Waals surface area contributed by atoms with E-state index in [2.05, 4.69) is 52.3 Å². The fraction of sp³-hybridized carbons (Fsp3) is 0.412. The fourth-order valence-electron chi connectivity index (χ4n) is 3.10. The van der Waals surface area contributed by atoms with Crippen molar-refractivity contribution >= 4 is 20.8 Å². The van der Waals surface area contributed by atoms with E-state index >= 15 is 0 Å². The number of primary sulfonamides is 1. The van der Waals surface area contributed by atoms with E-state index in [9.17, 15) is 8.42 Å². The van der Waals surface area contributed by atoms with Crippen molar-refractivity contribution in [1.29, 1.82) is 0 Å². The van der Waals surface area contributed by atoms with Crippen molar-refractivity contribution < 1.29 is 8.42 Å². The SMILES string of the molecule is NS(=O)(=O)CCN1CCN(Cc2cccc3ccccc23)CC1. The number of rotatable bonds is 5. The first-order valence-electron chi connectivity index (χ1n) is 7.93. The number of nitrogens with zero attached hydrogens (tertiary/aromatic N) is 2. The van der Waals surface area contributed by atoms with Crippen LogP contribution in [0.15, 0.2) is 42.5 Å². The largest absolute Gasteiger partial charge is 0.300 e. The molecule has 0 spiro atoms. The number of sulfonamides is 1. The summed E-state index contributed by atoms with van der Waals surface area (Å²) < 4.78 is 22.1. The average molecular weight is 333 g/mol. The van der Waals surface area contributed by atoms with Gasteiger partial charge in [0, 0.05) is 39.3 Å². The lowest BCUT2D eigenvalue weighted by Gasteiger charge is -2.34. The zero-order valence-electron chi connectivity index (χ0n) is 13.2. The Morgan fingerprint density at radius 2 is 1.57 bits per heavy atom. The molecular weight excluding hydrogens is 310 g/mol. The summed E-state index contributed by atoms with van der Waals surface area (Å²) in [4.78, 5) is 4.60. The van der Waals surface area contributed by atoms with Crippen molar-refractivity contribution in [1.82, 2.24) is 9.80 Å². The molecule has 5 nitrogen and oxygen atoms in total.